The van der Waals surface area contributed by atoms with Crippen molar-refractivity contribution in [1.29, 1.82) is 0 Å². The van der Waals surface area contributed by atoms with Gasteiger partial charge in [-0.25, -0.2) is 4.79 Å². The van der Waals surface area contributed by atoms with Gasteiger partial charge in [0.25, 0.3) is 5.91 Å². The molecule has 4 saturated carbocycles. The van der Waals surface area contributed by atoms with Crippen LogP contribution in [0.2, 0.25) is 0 Å². The lowest BCUT2D eigenvalue weighted by molar-refractivity contribution is -0.125. The van der Waals surface area contributed by atoms with Crippen LogP contribution in [-0.4, -0.2) is 42.8 Å². The van der Waals surface area contributed by atoms with Gasteiger partial charge in [0.1, 0.15) is 5.75 Å². The number of para-hydroxylation sites is 1. The monoisotopic (exact) mass is 522 g/mol. The Hall–Kier alpha value is -3.00. The van der Waals surface area contributed by atoms with Gasteiger partial charge in [-0.1, -0.05) is 30.3 Å². The fourth-order valence-corrected chi connectivity index (χ4v) is 7.64. The average molecular weight is 523 g/mol. The number of methoxy groups -OCH3 is 1. The standard InChI is InChI=1S/C29H34N2O5S/c1-35-24-8-4-2-6-22(24)16-30-26(32)17-36-28(34)23-7-3-5-9-25(23)37-18-27(33)31-29-13-19-10-20(14-29)12-21(11-19)15-29/h2-9,19-21H,10-18H2,1H3,(H,30,32)(H,31,33). The summed E-state index contributed by atoms with van der Waals surface area (Å²) in [6.45, 7) is -0.120. The van der Waals surface area contributed by atoms with Crippen LogP contribution in [0.25, 0.3) is 0 Å². The normalized spacial score (nSPS) is 25.4. The lowest BCUT2D eigenvalue weighted by Gasteiger charge is -2.56. The number of hydrogen-bond acceptors (Lipinski definition) is 6. The predicted octanol–water partition coefficient (Wildman–Crippen LogP) is 4.35. The number of nitrogens with one attached hydrogen (secondary N) is 2. The van der Waals surface area contributed by atoms with E-state index in [0.717, 1.165) is 42.6 Å². The number of carbonyl (C=O) groups excluding carboxylic acids is 3. The average Bonchev–Trinajstić information content (AvgIpc) is 2.88. The zero-order chi connectivity index (χ0) is 25.8. The van der Waals surface area contributed by atoms with E-state index in [9.17, 15) is 14.4 Å². The summed E-state index contributed by atoms with van der Waals surface area (Å²) in [5.74, 6) is 2.25. The van der Waals surface area contributed by atoms with E-state index in [4.69, 9.17) is 9.47 Å². The molecule has 0 radical (unpaired) electrons. The topological polar surface area (TPSA) is 93.7 Å². The SMILES string of the molecule is COc1ccccc1CNC(=O)COC(=O)c1ccccc1SCC(=O)NC12CC3CC(CC(C3)C1)C2. The molecule has 2 aromatic carbocycles. The van der Waals surface area contributed by atoms with E-state index in [1.165, 1.54) is 31.0 Å². The Morgan fingerprint density at radius 2 is 1.57 bits per heavy atom. The van der Waals surface area contributed by atoms with Crippen LogP contribution in [0.4, 0.5) is 0 Å². The van der Waals surface area contributed by atoms with Crippen LogP contribution >= 0.6 is 11.8 Å². The van der Waals surface area contributed by atoms with Gasteiger partial charge < -0.3 is 20.1 Å². The van der Waals surface area contributed by atoms with Crippen molar-refractivity contribution in [2.75, 3.05) is 19.5 Å². The van der Waals surface area contributed by atoms with E-state index in [1.807, 2.05) is 30.3 Å². The van der Waals surface area contributed by atoms with Crippen LogP contribution in [0.5, 0.6) is 5.75 Å². The van der Waals surface area contributed by atoms with Crippen LogP contribution in [0.15, 0.2) is 53.4 Å². The number of thioether (sulfide) groups is 1. The number of benzene rings is 2. The highest BCUT2D eigenvalue weighted by Crippen LogP contribution is 2.55. The van der Waals surface area contributed by atoms with Crippen molar-refractivity contribution in [3.8, 4) is 5.75 Å². The quantitative estimate of drug-likeness (QED) is 0.356. The molecule has 0 heterocycles. The largest absolute Gasteiger partial charge is 0.496 e. The summed E-state index contributed by atoms with van der Waals surface area (Å²) in [4.78, 5) is 38.6. The molecule has 2 aromatic rings. The molecular weight excluding hydrogens is 488 g/mol. The summed E-state index contributed by atoms with van der Waals surface area (Å²) in [7, 11) is 1.57. The van der Waals surface area contributed by atoms with Crippen LogP contribution in [-0.2, 0) is 20.9 Å². The van der Waals surface area contributed by atoms with E-state index in [0.29, 0.717) is 16.2 Å². The smallest absolute Gasteiger partial charge is 0.339 e. The Morgan fingerprint density at radius 1 is 0.919 bits per heavy atom. The second-order valence-electron chi connectivity index (χ2n) is 10.7. The molecule has 37 heavy (non-hydrogen) atoms. The molecule has 8 heteroatoms. The molecule has 2 N–H and O–H groups in total. The molecule has 196 valence electrons. The Morgan fingerprint density at radius 3 is 2.27 bits per heavy atom. The fraction of sp³-hybridized carbons (Fsp3) is 0.483. The lowest BCUT2D eigenvalue weighted by Crippen LogP contribution is -2.60. The maximum atomic E-state index is 12.9. The van der Waals surface area contributed by atoms with Crippen LogP contribution in [0.3, 0.4) is 0 Å². The first-order valence-electron chi connectivity index (χ1n) is 13.0. The number of hydrogen-bond donors (Lipinski definition) is 2. The van der Waals surface area contributed by atoms with Gasteiger partial charge >= 0.3 is 5.97 Å². The highest BCUT2D eigenvalue weighted by Gasteiger charge is 2.51. The molecule has 0 saturated heterocycles. The molecule has 7 nitrogen and oxygen atoms in total. The molecule has 4 fully saturated rings. The van der Waals surface area contributed by atoms with Gasteiger partial charge in [-0.05, 0) is 74.5 Å². The summed E-state index contributed by atoms with van der Waals surface area (Å²) >= 11 is 1.33. The van der Waals surface area contributed by atoms with E-state index in [2.05, 4.69) is 10.6 Å². The number of amides is 2. The Bertz CT molecular complexity index is 1130. The minimum absolute atomic E-state index is 0.0193. The van der Waals surface area contributed by atoms with Gasteiger partial charge in [0.2, 0.25) is 5.91 Å². The van der Waals surface area contributed by atoms with Crippen molar-refractivity contribution in [2.24, 2.45) is 17.8 Å². The van der Waals surface area contributed by atoms with Crippen LogP contribution in [0.1, 0.15) is 54.4 Å². The van der Waals surface area contributed by atoms with Gasteiger partial charge in [0.15, 0.2) is 6.61 Å². The van der Waals surface area contributed by atoms with Gasteiger partial charge in [-0.2, -0.15) is 0 Å². The second-order valence-corrected chi connectivity index (χ2v) is 11.7. The van der Waals surface area contributed by atoms with Crippen molar-refractivity contribution in [2.45, 2.75) is 55.5 Å². The third-order valence-corrected chi connectivity index (χ3v) is 8.98. The lowest BCUT2D eigenvalue weighted by atomic mass is 9.53. The van der Waals surface area contributed by atoms with Gasteiger partial charge in [-0.15, -0.1) is 11.8 Å². The molecule has 4 bridgehead atoms. The van der Waals surface area contributed by atoms with Gasteiger partial charge in [0.05, 0.1) is 18.4 Å². The Balaban J connectivity index is 1.11. The van der Waals surface area contributed by atoms with Gasteiger partial charge in [0, 0.05) is 22.5 Å². The molecule has 0 unspecified atom stereocenters. The Labute approximate surface area is 222 Å². The first kappa shape index (κ1) is 25.6. The number of esters is 1. The van der Waals surface area contributed by atoms with Crippen LogP contribution < -0.4 is 15.4 Å². The number of ether oxygens (including phenoxy) is 2. The van der Waals surface area contributed by atoms with E-state index >= 15 is 0 Å². The molecule has 0 atom stereocenters. The maximum Gasteiger partial charge on any atom is 0.339 e. The van der Waals surface area contributed by atoms with Crippen molar-refractivity contribution < 1.29 is 23.9 Å². The first-order valence-corrected chi connectivity index (χ1v) is 14.0. The van der Waals surface area contributed by atoms with Crippen molar-refractivity contribution in [3.05, 3.63) is 59.7 Å². The molecule has 4 aliphatic carbocycles. The first-order chi connectivity index (χ1) is 17.9. The zero-order valence-corrected chi connectivity index (χ0v) is 22.0. The summed E-state index contributed by atoms with van der Waals surface area (Å²) in [5.41, 5.74) is 1.16. The fourth-order valence-electron chi connectivity index (χ4n) is 6.80. The van der Waals surface area contributed by atoms with Crippen molar-refractivity contribution >= 4 is 29.5 Å². The van der Waals surface area contributed by atoms with E-state index < -0.39 is 11.9 Å². The summed E-state index contributed by atoms with van der Waals surface area (Å²) in [6.07, 6.45) is 7.32. The summed E-state index contributed by atoms with van der Waals surface area (Å²) < 4.78 is 10.6. The molecule has 0 aromatic heterocycles. The molecule has 4 aliphatic rings. The minimum atomic E-state index is -0.586. The summed E-state index contributed by atoms with van der Waals surface area (Å²) in [5, 5.41) is 6.12. The third-order valence-electron chi connectivity index (χ3n) is 7.91. The maximum absolute atomic E-state index is 12.9. The zero-order valence-electron chi connectivity index (χ0n) is 21.2. The van der Waals surface area contributed by atoms with Crippen LogP contribution in [0, 0.1) is 17.8 Å². The van der Waals surface area contributed by atoms with Gasteiger partial charge in [-0.3, -0.25) is 9.59 Å². The second kappa shape index (κ2) is 11.2. The number of rotatable bonds is 10. The Kier molecular flexibility index (Phi) is 7.74. The highest BCUT2D eigenvalue weighted by atomic mass is 32.2. The van der Waals surface area contributed by atoms with E-state index in [1.54, 1.807) is 25.3 Å². The molecular formula is C29H34N2O5S. The molecule has 0 aliphatic heterocycles. The predicted molar refractivity (Wildman–Crippen MR) is 141 cm³/mol. The summed E-state index contributed by atoms with van der Waals surface area (Å²) in [6, 6.07) is 14.4. The third kappa shape index (κ3) is 6.12. The minimum Gasteiger partial charge on any atom is -0.496 e. The molecule has 0 spiro atoms. The van der Waals surface area contributed by atoms with Crippen molar-refractivity contribution in [1.82, 2.24) is 10.6 Å². The van der Waals surface area contributed by atoms with E-state index in [-0.39, 0.29) is 30.4 Å². The molecule has 6 rings (SSSR count). The molecule has 2 amide bonds. The number of carbonyl (C=O) groups is 3. The highest BCUT2D eigenvalue weighted by molar-refractivity contribution is 8.00. The van der Waals surface area contributed by atoms with Crippen molar-refractivity contribution in [3.63, 3.8) is 0 Å².